The largest absolute Gasteiger partial charge is 0.436 e. The zero-order chi connectivity index (χ0) is 41.1. The van der Waals surface area contributed by atoms with Crippen LogP contribution in [0.4, 0.5) is 13.2 Å². The lowest BCUT2D eigenvalue weighted by molar-refractivity contribution is -0.137. The summed E-state index contributed by atoms with van der Waals surface area (Å²) in [6, 6.07) is 49.7. The number of fused-ring (bicyclic) bond motifs is 9. The summed E-state index contributed by atoms with van der Waals surface area (Å²) in [6.45, 7) is 0. The highest BCUT2D eigenvalue weighted by atomic mass is 19.4. The molecule has 2 aliphatic heterocycles. The van der Waals surface area contributed by atoms with Crippen LogP contribution < -0.4 is 0 Å². The second-order valence-corrected chi connectivity index (χ2v) is 14.9. The van der Waals surface area contributed by atoms with Gasteiger partial charge in [-0.15, -0.1) is 0 Å². The molecule has 0 aliphatic carbocycles. The number of oxazole rings is 1. The van der Waals surface area contributed by atoms with Gasteiger partial charge in [0.25, 0.3) is 0 Å². The van der Waals surface area contributed by atoms with E-state index in [-0.39, 0.29) is 5.89 Å². The van der Waals surface area contributed by atoms with E-state index in [1.165, 1.54) is 12.1 Å². The smallest absolute Gasteiger partial charge is 0.416 e. The van der Waals surface area contributed by atoms with Crippen LogP contribution in [-0.4, -0.2) is 24.9 Å². The first-order valence-electron chi connectivity index (χ1n) is 19.8. The van der Waals surface area contributed by atoms with E-state index in [2.05, 4.69) is 82.8 Å². The number of hydrogen-bond acceptors (Lipinski definition) is 4. The van der Waals surface area contributed by atoms with Crippen LogP contribution in [0, 0.1) is 0 Å². The standard InChI is InChI=1S/C52H32F3N5O/c53-52(54,55)36-19-16-34(17-20-36)51-60-45-30-35(18-29-46(45)61-51)50-43-27-25-41(58-43)48(32-12-6-2-7-13-32)39-23-21-37(56-39)47(31-10-4-1-5-11-31)38-22-24-40(57-38)49(33-14-8-3-9-15-33)42-26-28-44(50)59-42/h1-30,56,59H. The summed E-state index contributed by atoms with van der Waals surface area (Å²) < 4.78 is 46.1. The summed E-state index contributed by atoms with van der Waals surface area (Å²) in [5.74, 6) is 0.225. The van der Waals surface area contributed by atoms with Gasteiger partial charge in [0.2, 0.25) is 5.89 Å². The van der Waals surface area contributed by atoms with Gasteiger partial charge in [0.15, 0.2) is 5.58 Å². The van der Waals surface area contributed by atoms with Crippen molar-refractivity contribution in [3.8, 4) is 56.0 Å². The van der Waals surface area contributed by atoms with Crippen LogP contribution in [0.1, 0.15) is 28.3 Å². The Morgan fingerprint density at radius 1 is 0.393 bits per heavy atom. The third kappa shape index (κ3) is 6.53. The molecule has 2 N–H and O–H groups in total. The van der Waals surface area contributed by atoms with Crippen LogP contribution in [0.25, 0.3) is 113 Å². The molecule has 5 aromatic carbocycles. The molecule has 4 aromatic heterocycles. The molecule has 9 aromatic rings. The zero-order valence-electron chi connectivity index (χ0n) is 32.2. The predicted octanol–water partition coefficient (Wildman–Crippen LogP) is 14.2. The Labute approximate surface area is 347 Å². The molecule has 292 valence electrons. The molecule has 6 heterocycles. The quantitative estimate of drug-likeness (QED) is 0.182. The number of H-pyrrole nitrogens is 2. The number of hydrogen-bond donors (Lipinski definition) is 2. The number of rotatable bonds is 5. The lowest BCUT2D eigenvalue weighted by atomic mass is 10.0. The molecule has 0 fully saturated rings. The average molecular weight is 800 g/mol. The summed E-state index contributed by atoms with van der Waals surface area (Å²) in [6.07, 6.45) is 3.79. The number of nitrogens with one attached hydrogen (secondary N) is 2. The molecule has 0 saturated heterocycles. The second kappa shape index (κ2) is 14.4. The molecule has 0 atom stereocenters. The lowest BCUT2D eigenvalue weighted by Crippen LogP contribution is -2.03. The van der Waals surface area contributed by atoms with E-state index in [9.17, 15) is 13.2 Å². The van der Waals surface area contributed by atoms with Crippen molar-refractivity contribution in [1.82, 2.24) is 24.9 Å². The molecule has 0 unspecified atom stereocenters. The van der Waals surface area contributed by atoms with Crippen LogP contribution in [0.3, 0.4) is 0 Å². The number of halogens is 3. The van der Waals surface area contributed by atoms with Gasteiger partial charge < -0.3 is 14.4 Å². The van der Waals surface area contributed by atoms with Gasteiger partial charge in [-0.1, -0.05) is 97.1 Å². The topological polar surface area (TPSA) is 83.4 Å². The third-order valence-corrected chi connectivity index (χ3v) is 11.1. The van der Waals surface area contributed by atoms with Crippen molar-refractivity contribution in [2.45, 2.75) is 6.18 Å². The van der Waals surface area contributed by atoms with Crippen LogP contribution >= 0.6 is 0 Å². The van der Waals surface area contributed by atoms with Gasteiger partial charge in [0.05, 0.1) is 28.3 Å². The minimum Gasteiger partial charge on any atom is -0.436 e. The normalized spacial score (nSPS) is 12.4. The Morgan fingerprint density at radius 3 is 1.20 bits per heavy atom. The molecule has 0 spiro atoms. The van der Waals surface area contributed by atoms with Crippen LogP contribution in [0.2, 0.25) is 0 Å². The first-order chi connectivity index (χ1) is 29.8. The van der Waals surface area contributed by atoms with Gasteiger partial charge in [-0.05, 0) is 107 Å². The van der Waals surface area contributed by atoms with Crippen LogP contribution in [0.5, 0.6) is 0 Å². The van der Waals surface area contributed by atoms with Gasteiger partial charge in [0, 0.05) is 49.9 Å². The number of aromatic nitrogens is 5. The van der Waals surface area contributed by atoms with E-state index in [1.807, 2.05) is 84.9 Å². The minimum absolute atomic E-state index is 0.225. The molecular weight excluding hydrogens is 768 g/mol. The maximum Gasteiger partial charge on any atom is 0.416 e. The second-order valence-electron chi connectivity index (χ2n) is 14.9. The average Bonchev–Trinajstić information content (AvgIpc) is 4.15. The molecule has 8 bridgehead atoms. The van der Waals surface area contributed by atoms with Gasteiger partial charge in [-0.2, -0.15) is 13.2 Å². The third-order valence-electron chi connectivity index (χ3n) is 11.1. The van der Waals surface area contributed by atoms with E-state index < -0.39 is 11.7 Å². The number of nitrogens with zero attached hydrogens (tertiary/aromatic N) is 3. The lowest BCUT2D eigenvalue weighted by Gasteiger charge is -2.07. The summed E-state index contributed by atoms with van der Waals surface area (Å²) in [7, 11) is 0. The van der Waals surface area contributed by atoms with E-state index in [0.717, 1.165) is 101 Å². The van der Waals surface area contributed by atoms with Crippen molar-refractivity contribution in [1.29, 1.82) is 0 Å². The molecule has 9 heteroatoms. The molecule has 0 saturated carbocycles. The highest BCUT2D eigenvalue weighted by Gasteiger charge is 2.30. The highest BCUT2D eigenvalue weighted by Crippen LogP contribution is 2.39. The predicted molar refractivity (Wildman–Crippen MR) is 239 cm³/mol. The molecule has 2 aliphatic rings. The first-order valence-corrected chi connectivity index (χ1v) is 19.8. The van der Waals surface area contributed by atoms with Crippen molar-refractivity contribution < 1.29 is 17.6 Å². The van der Waals surface area contributed by atoms with Gasteiger partial charge in [0.1, 0.15) is 5.52 Å². The fourth-order valence-electron chi connectivity index (χ4n) is 8.24. The Bertz CT molecular complexity index is 3340. The zero-order valence-corrected chi connectivity index (χ0v) is 32.2. The molecular formula is C52H32F3N5O. The van der Waals surface area contributed by atoms with Crippen molar-refractivity contribution in [2.24, 2.45) is 0 Å². The maximum atomic E-state index is 13.3. The number of benzene rings is 5. The molecule has 6 nitrogen and oxygen atoms in total. The van der Waals surface area contributed by atoms with E-state index in [1.54, 1.807) is 0 Å². The van der Waals surface area contributed by atoms with Gasteiger partial charge in [-0.3, -0.25) is 0 Å². The monoisotopic (exact) mass is 799 g/mol. The van der Waals surface area contributed by atoms with Crippen molar-refractivity contribution in [3.63, 3.8) is 0 Å². The fraction of sp³-hybridized carbons (Fsp3) is 0.0192. The van der Waals surface area contributed by atoms with Crippen LogP contribution in [0.15, 0.2) is 162 Å². The van der Waals surface area contributed by atoms with Gasteiger partial charge >= 0.3 is 6.18 Å². The Morgan fingerprint density at radius 2 is 0.787 bits per heavy atom. The summed E-state index contributed by atoms with van der Waals surface area (Å²) in [5, 5.41) is 0. The van der Waals surface area contributed by atoms with E-state index in [0.29, 0.717) is 16.7 Å². The Balaban J connectivity index is 1.21. The van der Waals surface area contributed by atoms with E-state index in [4.69, 9.17) is 19.4 Å². The fourth-order valence-corrected chi connectivity index (χ4v) is 8.24. The van der Waals surface area contributed by atoms with Crippen molar-refractivity contribution in [3.05, 3.63) is 186 Å². The van der Waals surface area contributed by atoms with Crippen molar-refractivity contribution >= 4 is 57.5 Å². The molecule has 61 heavy (non-hydrogen) atoms. The van der Waals surface area contributed by atoms with Crippen molar-refractivity contribution in [2.75, 3.05) is 0 Å². The molecule has 0 radical (unpaired) electrons. The highest BCUT2D eigenvalue weighted by molar-refractivity contribution is 6.00. The molecule has 0 amide bonds. The van der Waals surface area contributed by atoms with Crippen LogP contribution in [-0.2, 0) is 6.18 Å². The Kier molecular flexibility index (Phi) is 8.49. The Hall–Kier alpha value is -8.04. The maximum absolute atomic E-state index is 13.3. The number of aromatic amines is 2. The summed E-state index contributed by atoms with van der Waals surface area (Å²) in [5.41, 5.74) is 15.0. The SMILES string of the molecule is FC(F)(F)c1ccc(-c2nc3cc(-c4c5nc(c(-c6ccccc6)c6ccc([nH]6)c(-c6ccccc6)c6nc(c(-c7ccccc7)c7ccc4[nH]7)C=C6)C=C5)ccc3o2)cc1. The summed E-state index contributed by atoms with van der Waals surface area (Å²) in [4.78, 5) is 23.0. The van der Waals surface area contributed by atoms with E-state index >= 15 is 0 Å². The minimum atomic E-state index is -4.44. The molecule has 11 rings (SSSR count). The first kappa shape index (κ1) is 36.1. The number of alkyl halides is 3. The summed E-state index contributed by atoms with van der Waals surface area (Å²) >= 11 is 0. The van der Waals surface area contributed by atoms with Gasteiger partial charge in [-0.25, -0.2) is 15.0 Å².